The molecule has 1 aliphatic heterocycles. The fraction of sp³-hybridized carbons (Fsp3) is 0.483. The number of methoxy groups -OCH3 is 1. The average molecular weight is 522 g/mol. The predicted molar refractivity (Wildman–Crippen MR) is 139 cm³/mol. The van der Waals surface area contributed by atoms with Crippen LogP contribution in [0, 0.1) is 0 Å². The van der Waals surface area contributed by atoms with E-state index in [0.29, 0.717) is 23.4 Å². The Morgan fingerprint density at radius 2 is 2.00 bits per heavy atom. The van der Waals surface area contributed by atoms with Gasteiger partial charge in [0.25, 0.3) is 12.3 Å². The van der Waals surface area contributed by atoms with E-state index < -0.39 is 6.43 Å². The van der Waals surface area contributed by atoms with Crippen molar-refractivity contribution in [3.8, 4) is 0 Å². The molecule has 3 aliphatic rings. The Labute approximate surface area is 221 Å². The number of aryl methyl sites for hydroxylation is 1. The molecule has 1 N–H and O–H groups in total. The molecule has 0 saturated heterocycles. The van der Waals surface area contributed by atoms with Crippen LogP contribution in [-0.2, 0) is 30.3 Å². The molecule has 0 unspecified atom stereocenters. The molecule has 200 valence electrons. The molecule has 9 heteroatoms. The molecule has 0 spiro atoms. The zero-order valence-electron chi connectivity index (χ0n) is 22.0. The van der Waals surface area contributed by atoms with Gasteiger partial charge >= 0.3 is 0 Å². The first-order valence-corrected chi connectivity index (χ1v) is 13.2. The van der Waals surface area contributed by atoms with E-state index >= 15 is 0 Å². The van der Waals surface area contributed by atoms with Gasteiger partial charge in [0.1, 0.15) is 12.2 Å². The Balaban J connectivity index is 1.32. The highest BCUT2D eigenvalue weighted by atomic mass is 19.3. The van der Waals surface area contributed by atoms with Gasteiger partial charge in [-0.1, -0.05) is 12.1 Å². The molecule has 2 aliphatic carbocycles. The fourth-order valence-corrected chi connectivity index (χ4v) is 6.32. The lowest BCUT2D eigenvalue weighted by atomic mass is 9.62. The van der Waals surface area contributed by atoms with Crippen molar-refractivity contribution >= 4 is 11.6 Å². The lowest BCUT2D eigenvalue weighted by Crippen LogP contribution is -2.48. The third-order valence-corrected chi connectivity index (χ3v) is 8.88. The van der Waals surface area contributed by atoms with Gasteiger partial charge in [-0.3, -0.25) is 4.79 Å². The van der Waals surface area contributed by atoms with Crippen molar-refractivity contribution < 1.29 is 18.3 Å². The van der Waals surface area contributed by atoms with Crippen LogP contribution in [0.3, 0.4) is 0 Å². The Morgan fingerprint density at radius 3 is 2.63 bits per heavy atom. The van der Waals surface area contributed by atoms with Crippen LogP contribution >= 0.6 is 0 Å². The molecule has 3 aromatic rings. The zero-order chi connectivity index (χ0) is 26.7. The zero-order valence-corrected chi connectivity index (χ0v) is 22.0. The highest BCUT2D eigenvalue weighted by Crippen LogP contribution is 2.50. The van der Waals surface area contributed by atoms with Crippen LogP contribution < -0.4 is 10.2 Å². The van der Waals surface area contributed by atoms with Crippen LogP contribution in [0.15, 0.2) is 42.7 Å². The summed E-state index contributed by atoms with van der Waals surface area (Å²) in [5.74, 6) is 0.600. The molecule has 2 heterocycles. The van der Waals surface area contributed by atoms with Gasteiger partial charge in [-0.15, -0.1) is 10.2 Å². The number of ether oxygens (including phenoxy) is 1. The van der Waals surface area contributed by atoms with Crippen LogP contribution in [0.1, 0.15) is 83.9 Å². The summed E-state index contributed by atoms with van der Waals surface area (Å²) < 4.78 is 35.9. The third kappa shape index (κ3) is 4.03. The Hall–Kier alpha value is -3.17. The highest BCUT2D eigenvalue weighted by molar-refractivity contribution is 6.10. The maximum Gasteiger partial charge on any atom is 0.264 e. The number of anilines is 1. The molecule has 2 fully saturated rings. The third-order valence-electron chi connectivity index (χ3n) is 8.88. The standard InChI is InChI=1S/C29H33F2N5O2/c1-28(8-5-9-28)32-15-18-10-22(25(30)31)24-16-36(26(37)23(24)11-18)20-7-4-6-19(12-20)29(13-21(14-29)38-3)27-34-33-17-35(27)2/h4,6-7,10-12,17,21,25,32H,5,8-9,13-16H2,1-3H3. The second-order valence-corrected chi connectivity index (χ2v) is 11.3. The predicted octanol–water partition coefficient (Wildman–Crippen LogP) is 5.04. The van der Waals surface area contributed by atoms with Gasteiger partial charge in [0, 0.05) is 43.1 Å². The van der Waals surface area contributed by atoms with Crippen molar-refractivity contribution in [2.45, 2.75) is 75.6 Å². The molecule has 0 radical (unpaired) electrons. The van der Waals surface area contributed by atoms with E-state index in [1.807, 2.05) is 35.9 Å². The monoisotopic (exact) mass is 521 g/mol. The highest BCUT2D eigenvalue weighted by Gasteiger charge is 2.50. The Bertz CT molecular complexity index is 1380. The molecule has 1 amide bonds. The van der Waals surface area contributed by atoms with E-state index in [-0.39, 0.29) is 35.1 Å². The van der Waals surface area contributed by atoms with E-state index in [1.54, 1.807) is 30.5 Å². The van der Waals surface area contributed by atoms with Crippen molar-refractivity contribution in [3.05, 3.63) is 76.4 Å². The molecule has 6 rings (SSSR count). The van der Waals surface area contributed by atoms with Gasteiger partial charge in [0.2, 0.25) is 0 Å². The lowest BCUT2D eigenvalue weighted by molar-refractivity contribution is -0.00696. The molecule has 0 bridgehead atoms. The van der Waals surface area contributed by atoms with E-state index in [1.165, 1.54) is 6.42 Å². The summed E-state index contributed by atoms with van der Waals surface area (Å²) >= 11 is 0. The molecular formula is C29H33F2N5O2. The number of halogens is 2. The second-order valence-electron chi connectivity index (χ2n) is 11.3. The van der Waals surface area contributed by atoms with Crippen molar-refractivity contribution in [2.24, 2.45) is 7.05 Å². The van der Waals surface area contributed by atoms with Gasteiger partial charge in [-0.25, -0.2) is 8.78 Å². The number of benzene rings is 2. The number of rotatable bonds is 8. The number of carbonyl (C=O) groups excluding carboxylic acids is 1. The first kappa shape index (κ1) is 25.1. The molecule has 2 saturated carbocycles. The van der Waals surface area contributed by atoms with Crippen molar-refractivity contribution in [1.82, 2.24) is 20.1 Å². The van der Waals surface area contributed by atoms with Gasteiger partial charge in [0.05, 0.1) is 18.1 Å². The number of nitrogens with zero attached hydrogens (tertiary/aromatic N) is 4. The first-order chi connectivity index (χ1) is 18.2. The van der Waals surface area contributed by atoms with E-state index in [4.69, 9.17) is 4.74 Å². The molecule has 0 atom stereocenters. The Morgan fingerprint density at radius 1 is 1.21 bits per heavy atom. The van der Waals surface area contributed by atoms with Crippen molar-refractivity contribution in [1.29, 1.82) is 0 Å². The summed E-state index contributed by atoms with van der Waals surface area (Å²) in [5, 5.41) is 12.0. The van der Waals surface area contributed by atoms with E-state index in [0.717, 1.165) is 42.6 Å². The van der Waals surface area contributed by atoms with Crippen molar-refractivity contribution in [3.63, 3.8) is 0 Å². The summed E-state index contributed by atoms with van der Waals surface area (Å²) in [6.07, 6.45) is 3.96. The minimum Gasteiger partial charge on any atom is -0.381 e. The fourth-order valence-electron chi connectivity index (χ4n) is 6.32. The summed E-state index contributed by atoms with van der Waals surface area (Å²) in [7, 11) is 3.63. The first-order valence-electron chi connectivity index (χ1n) is 13.2. The Kier molecular flexibility index (Phi) is 6.11. The summed E-state index contributed by atoms with van der Waals surface area (Å²) in [4.78, 5) is 15.2. The maximum absolute atomic E-state index is 14.2. The van der Waals surface area contributed by atoms with Crippen LogP contribution in [-0.4, -0.2) is 39.4 Å². The van der Waals surface area contributed by atoms with Gasteiger partial charge < -0.3 is 19.5 Å². The largest absolute Gasteiger partial charge is 0.381 e. The van der Waals surface area contributed by atoms with E-state index in [2.05, 4.69) is 22.4 Å². The number of hydrogen-bond acceptors (Lipinski definition) is 5. The second kappa shape index (κ2) is 9.24. The SMILES string of the molecule is COC1CC(c2cccc(N3Cc4c(cc(CNC5(C)CCC5)cc4C(F)F)C3=O)c2)(c2nncn2C)C1. The van der Waals surface area contributed by atoms with E-state index in [9.17, 15) is 13.6 Å². The lowest BCUT2D eigenvalue weighted by Gasteiger charge is -2.46. The number of alkyl halides is 2. The van der Waals surface area contributed by atoms with Crippen LogP contribution in [0.5, 0.6) is 0 Å². The number of nitrogens with one attached hydrogen (secondary N) is 1. The number of amides is 1. The number of carbonyl (C=O) groups is 1. The summed E-state index contributed by atoms with van der Waals surface area (Å²) in [6, 6.07) is 11.2. The molecule has 38 heavy (non-hydrogen) atoms. The molecular weight excluding hydrogens is 488 g/mol. The van der Waals surface area contributed by atoms with Gasteiger partial charge in [-0.05, 0) is 80.0 Å². The summed E-state index contributed by atoms with van der Waals surface area (Å²) in [5.41, 5.74) is 2.81. The molecule has 1 aromatic heterocycles. The smallest absolute Gasteiger partial charge is 0.264 e. The number of hydrogen-bond donors (Lipinski definition) is 1. The van der Waals surface area contributed by atoms with Gasteiger partial charge in [-0.2, -0.15) is 0 Å². The summed E-state index contributed by atoms with van der Waals surface area (Å²) in [6.45, 7) is 2.75. The molecule has 2 aromatic carbocycles. The minimum absolute atomic E-state index is 0.0442. The van der Waals surface area contributed by atoms with Crippen LogP contribution in [0.4, 0.5) is 14.5 Å². The maximum atomic E-state index is 14.2. The van der Waals surface area contributed by atoms with Crippen LogP contribution in [0.25, 0.3) is 0 Å². The average Bonchev–Trinajstić information content (AvgIpc) is 3.44. The van der Waals surface area contributed by atoms with Crippen LogP contribution in [0.2, 0.25) is 0 Å². The quantitative estimate of drug-likeness (QED) is 0.450. The molecule has 7 nitrogen and oxygen atoms in total. The number of fused-ring (bicyclic) bond motifs is 1. The normalized spacial score (nSPS) is 23.9. The van der Waals surface area contributed by atoms with Gasteiger partial charge in [0.15, 0.2) is 0 Å². The minimum atomic E-state index is -2.65. The van der Waals surface area contributed by atoms with Crippen molar-refractivity contribution in [2.75, 3.05) is 12.0 Å². The topological polar surface area (TPSA) is 72.3 Å². The number of aromatic nitrogens is 3.